The molecule has 5 nitrogen and oxygen atoms in total. The average Bonchev–Trinajstić information content (AvgIpc) is 3.09. The van der Waals surface area contributed by atoms with Crippen molar-refractivity contribution in [1.82, 2.24) is 10.2 Å². The number of phenols is 1. The number of benzene rings is 2. The summed E-state index contributed by atoms with van der Waals surface area (Å²) in [5, 5.41) is 14.1. The van der Waals surface area contributed by atoms with Crippen LogP contribution in [0, 0.1) is 0 Å². The van der Waals surface area contributed by atoms with Crippen LogP contribution in [-0.4, -0.2) is 41.6 Å². The molecule has 0 atom stereocenters. The minimum absolute atomic E-state index is 0.190. The van der Waals surface area contributed by atoms with E-state index < -0.39 is 0 Å². The van der Waals surface area contributed by atoms with Crippen molar-refractivity contribution in [2.24, 2.45) is 0 Å². The number of nitrogens with zero attached hydrogens (tertiary/aromatic N) is 1. The number of carbonyl (C=O) groups excluding carboxylic acids is 1. The van der Waals surface area contributed by atoms with Crippen LogP contribution in [0.3, 0.4) is 0 Å². The zero-order valence-corrected chi connectivity index (χ0v) is 17.8. The van der Waals surface area contributed by atoms with E-state index in [2.05, 4.69) is 37.9 Å². The van der Waals surface area contributed by atoms with Crippen molar-refractivity contribution >= 4 is 16.9 Å². The molecule has 0 radical (unpaired) electrons. The molecule has 0 saturated heterocycles. The molecule has 154 valence electrons. The summed E-state index contributed by atoms with van der Waals surface area (Å²) < 4.78 is 6.12. The van der Waals surface area contributed by atoms with E-state index in [-0.39, 0.29) is 11.7 Å². The van der Waals surface area contributed by atoms with E-state index in [1.807, 2.05) is 30.3 Å². The Kier molecular flexibility index (Phi) is 6.28. The van der Waals surface area contributed by atoms with Crippen LogP contribution in [0.15, 0.2) is 46.9 Å². The second kappa shape index (κ2) is 8.70. The molecule has 1 amide bonds. The first-order valence-corrected chi connectivity index (χ1v) is 10.2. The van der Waals surface area contributed by atoms with Crippen LogP contribution < -0.4 is 5.32 Å². The molecule has 0 spiro atoms. The van der Waals surface area contributed by atoms with Gasteiger partial charge < -0.3 is 14.8 Å². The van der Waals surface area contributed by atoms with E-state index in [0.29, 0.717) is 40.8 Å². The number of furan rings is 1. The Labute approximate surface area is 172 Å². The Morgan fingerprint density at radius 3 is 2.31 bits per heavy atom. The summed E-state index contributed by atoms with van der Waals surface area (Å²) in [7, 11) is 1.61. The number of hydrogen-bond donors (Lipinski definition) is 2. The molecule has 0 unspecified atom stereocenters. The van der Waals surface area contributed by atoms with Crippen LogP contribution in [0.2, 0.25) is 0 Å². The van der Waals surface area contributed by atoms with Gasteiger partial charge in [0.1, 0.15) is 17.1 Å². The molecule has 0 aliphatic carbocycles. The van der Waals surface area contributed by atoms with Gasteiger partial charge in [-0.25, -0.2) is 0 Å². The van der Waals surface area contributed by atoms with Crippen molar-refractivity contribution < 1.29 is 14.3 Å². The smallest absolute Gasteiger partial charge is 0.255 e. The van der Waals surface area contributed by atoms with Gasteiger partial charge in [-0.3, -0.25) is 9.69 Å². The van der Waals surface area contributed by atoms with Crippen LogP contribution >= 0.6 is 0 Å². The molecule has 29 heavy (non-hydrogen) atoms. The first kappa shape index (κ1) is 20.9. The predicted molar refractivity (Wildman–Crippen MR) is 117 cm³/mol. The quantitative estimate of drug-likeness (QED) is 0.603. The molecule has 3 rings (SSSR count). The minimum Gasteiger partial charge on any atom is -0.508 e. The molecule has 2 N–H and O–H groups in total. The summed E-state index contributed by atoms with van der Waals surface area (Å²) in [5.74, 6) is 0.492. The summed E-state index contributed by atoms with van der Waals surface area (Å²) in [6.45, 7) is 9.45. The third-order valence-electron chi connectivity index (χ3n) is 5.38. The molecule has 0 saturated carbocycles. The number of rotatable bonds is 7. The van der Waals surface area contributed by atoms with Crippen molar-refractivity contribution in [3.8, 4) is 17.1 Å². The average molecular weight is 395 g/mol. The van der Waals surface area contributed by atoms with E-state index >= 15 is 0 Å². The van der Waals surface area contributed by atoms with Gasteiger partial charge in [-0.15, -0.1) is 0 Å². The van der Waals surface area contributed by atoms with Gasteiger partial charge in [-0.2, -0.15) is 0 Å². The zero-order chi connectivity index (χ0) is 21.1. The van der Waals surface area contributed by atoms with Gasteiger partial charge in [0, 0.05) is 42.2 Å². The summed E-state index contributed by atoms with van der Waals surface area (Å²) in [5.41, 5.74) is 2.66. The highest BCUT2D eigenvalue weighted by Gasteiger charge is 2.25. The van der Waals surface area contributed by atoms with Gasteiger partial charge in [0.2, 0.25) is 0 Å². The van der Waals surface area contributed by atoms with Gasteiger partial charge in [-0.1, -0.05) is 30.3 Å². The Morgan fingerprint density at radius 1 is 1.07 bits per heavy atom. The fraction of sp³-hybridized carbons (Fsp3) is 0.375. The lowest BCUT2D eigenvalue weighted by Crippen LogP contribution is -2.38. The van der Waals surface area contributed by atoms with E-state index in [1.54, 1.807) is 19.2 Å². The third-order valence-corrected chi connectivity index (χ3v) is 5.38. The van der Waals surface area contributed by atoms with E-state index in [1.165, 1.54) is 0 Å². The Hall–Kier alpha value is -2.79. The molecule has 1 heterocycles. The topological polar surface area (TPSA) is 65.7 Å². The lowest BCUT2D eigenvalue weighted by Gasteiger charge is -2.30. The summed E-state index contributed by atoms with van der Waals surface area (Å²) >= 11 is 0. The monoisotopic (exact) mass is 394 g/mol. The van der Waals surface area contributed by atoms with Crippen LogP contribution in [0.25, 0.3) is 22.3 Å². The molecule has 3 aromatic rings. The second-order valence-corrected chi connectivity index (χ2v) is 7.86. The van der Waals surface area contributed by atoms with Crippen molar-refractivity contribution in [3.05, 3.63) is 53.6 Å². The summed E-state index contributed by atoms with van der Waals surface area (Å²) in [6, 6.07) is 13.8. The molecular formula is C24H30N2O3. The number of fused-ring (bicyclic) bond motifs is 1. The molecule has 5 heteroatoms. The maximum atomic E-state index is 12.8. The second-order valence-electron chi connectivity index (χ2n) is 7.86. The minimum atomic E-state index is -0.223. The van der Waals surface area contributed by atoms with Crippen LogP contribution in [-0.2, 0) is 6.42 Å². The normalized spacial score (nSPS) is 11.7. The van der Waals surface area contributed by atoms with Crippen molar-refractivity contribution in [1.29, 1.82) is 0 Å². The molecule has 1 aromatic heterocycles. The van der Waals surface area contributed by atoms with Crippen molar-refractivity contribution in [2.45, 2.75) is 46.2 Å². The first-order chi connectivity index (χ1) is 13.8. The highest BCUT2D eigenvalue weighted by atomic mass is 16.3. The molecule has 0 bridgehead atoms. The van der Waals surface area contributed by atoms with Crippen molar-refractivity contribution in [2.75, 3.05) is 13.6 Å². The molecule has 0 aliphatic rings. The third kappa shape index (κ3) is 4.15. The van der Waals surface area contributed by atoms with E-state index in [4.69, 9.17) is 4.42 Å². The largest absolute Gasteiger partial charge is 0.508 e. The zero-order valence-electron chi connectivity index (χ0n) is 17.8. The van der Waals surface area contributed by atoms with E-state index in [0.717, 1.165) is 17.7 Å². The number of amides is 1. The Bertz CT molecular complexity index is 982. The molecule has 0 aliphatic heterocycles. The molecule has 0 fully saturated rings. The maximum Gasteiger partial charge on any atom is 0.255 e. The molecule has 2 aromatic carbocycles. The van der Waals surface area contributed by atoms with Gasteiger partial charge in [-0.05, 0) is 46.2 Å². The highest BCUT2D eigenvalue weighted by molar-refractivity contribution is 6.12. The number of nitrogens with one attached hydrogen (secondary N) is 1. The van der Waals surface area contributed by atoms with Gasteiger partial charge in [0.15, 0.2) is 0 Å². The summed E-state index contributed by atoms with van der Waals surface area (Å²) in [6.07, 6.45) is 0.622. The van der Waals surface area contributed by atoms with Gasteiger partial charge >= 0.3 is 0 Å². The SMILES string of the molecule is CNC(=O)c1c(-c2ccccc2)oc2ccc(O)c(CCN(C(C)C)C(C)C)c12. The number of hydrogen-bond acceptors (Lipinski definition) is 4. The van der Waals surface area contributed by atoms with Gasteiger partial charge in [0.05, 0.1) is 5.56 Å². The lowest BCUT2D eigenvalue weighted by molar-refractivity contribution is 0.0964. The lowest BCUT2D eigenvalue weighted by atomic mass is 9.98. The standard InChI is InChI=1S/C24H30N2O3/c1-15(2)26(16(3)4)14-13-18-19(27)11-12-20-21(18)22(24(28)25-5)23(29-20)17-9-7-6-8-10-17/h6-12,15-16,27H,13-14H2,1-5H3,(H,25,28). The fourth-order valence-corrected chi connectivity index (χ4v) is 3.99. The van der Waals surface area contributed by atoms with E-state index in [9.17, 15) is 9.90 Å². The highest BCUT2D eigenvalue weighted by Crippen LogP contribution is 2.38. The van der Waals surface area contributed by atoms with Crippen molar-refractivity contribution in [3.63, 3.8) is 0 Å². The van der Waals surface area contributed by atoms with Crippen LogP contribution in [0.5, 0.6) is 5.75 Å². The summed E-state index contributed by atoms with van der Waals surface area (Å²) in [4.78, 5) is 15.2. The Morgan fingerprint density at radius 2 is 1.72 bits per heavy atom. The number of aromatic hydroxyl groups is 1. The molecular weight excluding hydrogens is 364 g/mol. The first-order valence-electron chi connectivity index (χ1n) is 10.2. The van der Waals surface area contributed by atoms with Crippen LogP contribution in [0.1, 0.15) is 43.6 Å². The fourth-order valence-electron chi connectivity index (χ4n) is 3.99. The Balaban J connectivity index is 2.16. The predicted octanol–water partition coefficient (Wildman–Crippen LogP) is 4.83. The van der Waals surface area contributed by atoms with Gasteiger partial charge in [0.25, 0.3) is 5.91 Å². The van der Waals surface area contributed by atoms with Crippen LogP contribution in [0.4, 0.5) is 0 Å². The number of phenolic OH excluding ortho intramolecular Hbond substituents is 1. The maximum absolute atomic E-state index is 12.8. The number of carbonyl (C=O) groups is 1.